The Morgan fingerprint density at radius 3 is 2.07 bits per heavy atom. The van der Waals surface area contributed by atoms with Gasteiger partial charge in [0.15, 0.2) is 0 Å². The van der Waals surface area contributed by atoms with Gasteiger partial charge >= 0.3 is 0 Å². The van der Waals surface area contributed by atoms with Crippen molar-refractivity contribution in [2.24, 2.45) is 0 Å². The second-order valence-electron chi connectivity index (χ2n) is 6.81. The van der Waals surface area contributed by atoms with Crippen molar-refractivity contribution in [3.05, 3.63) is 77.1 Å². The maximum absolute atomic E-state index is 12.5. The molecule has 1 heterocycles. The predicted octanol–water partition coefficient (Wildman–Crippen LogP) is 3.38. The van der Waals surface area contributed by atoms with Crippen LogP contribution in [0.3, 0.4) is 0 Å². The van der Waals surface area contributed by atoms with Crippen LogP contribution in [-0.4, -0.2) is 24.3 Å². The van der Waals surface area contributed by atoms with Crippen LogP contribution in [0.2, 0.25) is 0 Å². The maximum atomic E-state index is 12.5. The third-order valence-electron chi connectivity index (χ3n) is 4.14. The Bertz CT molecular complexity index is 1110. The third kappa shape index (κ3) is 5.61. The predicted molar refractivity (Wildman–Crippen MR) is 112 cm³/mol. The average molecular weight is 410 g/mol. The van der Waals surface area contributed by atoms with Gasteiger partial charge in [-0.25, -0.2) is 23.1 Å². The van der Waals surface area contributed by atoms with E-state index in [4.69, 9.17) is 0 Å². The molecule has 0 radical (unpaired) electrons. The Morgan fingerprint density at radius 2 is 1.48 bits per heavy atom. The number of carbonyl (C=O) groups is 1. The second-order valence-corrected chi connectivity index (χ2v) is 8.50. The normalized spacial score (nSPS) is 11.1. The van der Waals surface area contributed by atoms with Crippen molar-refractivity contribution >= 4 is 27.6 Å². The van der Waals surface area contributed by atoms with Gasteiger partial charge in [0.05, 0.1) is 11.3 Å². The second kappa shape index (κ2) is 8.40. The van der Waals surface area contributed by atoms with Gasteiger partial charge in [0.1, 0.15) is 0 Å². The van der Waals surface area contributed by atoms with Gasteiger partial charge in [-0.2, -0.15) is 0 Å². The first-order valence-corrected chi connectivity index (χ1v) is 10.5. The summed E-state index contributed by atoms with van der Waals surface area (Å²) in [6.07, 6.45) is 0.242. The lowest BCUT2D eigenvalue weighted by atomic mass is 10.1. The van der Waals surface area contributed by atoms with E-state index in [0.29, 0.717) is 17.1 Å². The molecule has 29 heavy (non-hydrogen) atoms. The van der Waals surface area contributed by atoms with E-state index in [0.717, 1.165) is 11.1 Å². The summed E-state index contributed by atoms with van der Waals surface area (Å²) in [6.45, 7) is 5.52. The number of nitrogens with zero attached hydrogens (tertiary/aromatic N) is 2. The lowest BCUT2D eigenvalue weighted by Crippen LogP contribution is -2.16. The molecule has 1 amide bonds. The number of aromatic nitrogens is 2. The minimum Gasteiger partial charge on any atom is -0.326 e. The smallest absolute Gasteiger partial charge is 0.264 e. The summed E-state index contributed by atoms with van der Waals surface area (Å²) in [5.74, 6) is -0.149. The summed E-state index contributed by atoms with van der Waals surface area (Å²) in [5.41, 5.74) is 3.89. The average Bonchev–Trinajstić information content (AvgIpc) is 2.63. The topological polar surface area (TPSA) is 101 Å². The molecular weight excluding hydrogens is 388 g/mol. The minimum absolute atomic E-state index is 0.0259. The fourth-order valence-electron chi connectivity index (χ4n) is 2.76. The molecule has 0 aliphatic rings. The van der Waals surface area contributed by atoms with E-state index in [1.165, 1.54) is 12.1 Å². The molecule has 2 aromatic carbocycles. The minimum atomic E-state index is -3.83. The number of benzene rings is 2. The van der Waals surface area contributed by atoms with Crippen molar-refractivity contribution in [3.8, 4) is 0 Å². The number of amides is 1. The SMILES string of the molecule is Cc1ccc(CC(=O)Nc2ccc(S(=O)(=O)Nc3nc(C)cc(C)n3)cc2)cc1. The largest absolute Gasteiger partial charge is 0.326 e. The van der Waals surface area contributed by atoms with Crippen molar-refractivity contribution in [3.63, 3.8) is 0 Å². The molecule has 7 nitrogen and oxygen atoms in total. The molecule has 0 aliphatic carbocycles. The van der Waals surface area contributed by atoms with Crippen LogP contribution in [0.4, 0.5) is 11.6 Å². The van der Waals surface area contributed by atoms with Crippen molar-refractivity contribution in [2.45, 2.75) is 32.1 Å². The molecule has 0 bridgehead atoms. The molecule has 0 atom stereocenters. The summed E-state index contributed by atoms with van der Waals surface area (Å²) in [5, 5.41) is 2.77. The van der Waals surface area contributed by atoms with Gasteiger partial charge in [-0.3, -0.25) is 4.79 Å². The number of hydrogen-bond acceptors (Lipinski definition) is 5. The fourth-order valence-corrected chi connectivity index (χ4v) is 3.71. The number of nitrogens with one attached hydrogen (secondary N) is 2. The highest BCUT2D eigenvalue weighted by Gasteiger charge is 2.16. The van der Waals surface area contributed by atoms with Crippen LogP contribution in [0.25, 0.3) is 0 Å². The lowest BCUT2D eigenvalue weighted by molar-refractivity contribution is -0.115. The molecular formula is C21H22N4O3S. The van der Waals surface area contributed by atoms with Crippen LogP contribution < -0.4 is 10.0 Å². The standard InChI is InChI=1S/C21H22N4O3S/c1-14-4-6-17(7-5-14)13-20(26)24-18-8-10-19(11-9-18)29(27,28)25-21-22-15(2)12-16(3)23-21/h4-12H,13H2,1-3H3,(H,24,26)(H,22,23,25). The van der Waals surface area contributed by atoms with E-state index in [9.17, 15) is 13.2 Å². The molecule has 2 N–H and O–H groups in total. The highest BCUT2D eigenvalue weighted by atomic mass is 32.2. The van der Waals surface area contributed by atoms with Gasteiger partial charge in [-0.05, 0) is 56.7 Å². The van der Waals surface area contributed by atoms with Crippen LogP contribution in [-0.2, 0) is 21.2 Å². The van der Waals surface area contributed by atoms with Crippen LogP contribution in [0, 0.1) is 20.8 Å². The van der Waals surface area contributed by atoms with Gasteiger partial charge in [-0.1, -0.05) is 29.8 Å². The molecule has 3 aromatic rings. The zero-order chi connectivity index (χ0) is 21.0. The quantitative estimate of drug-likeness (QED) is 0.649. The molecule has 0 fully saturated rings. The first-order valence-electron chi connectivity index (χ1n) is 9.02. The van der Waals surface area contributed by atoms with Crippen LogP contribution >= 0.6 is 0 Å². The Labute approximate surface area is 170 Å². The Hall–Kier alpha value is -3.26. The molecule has 0 spiro atoms. The maximum Gasteiger partial charge on any atom is 0.264 e. The highest BCUT2D eigenvalue weighted by molar-refractivity contribution is 7.92. The number of anilines is 2. The van der Waals surface area contributed by atoms with E-state index >= 15 is 0 Å². The van der Waals surface area contributed by atoms with Crippen molar-refractivity contribution in [2.75, 3.05) is 10.0 Å². The molecule has 8 heteroatoms. The van der Waals surface area contributed by atoms with E-state index in [-0.39, 0.29) is 23.2 Å². The summed E-state index contributed by atoms with van der Waals surface area (Å²) >= 11 is 0. The monoisotopic (exact) mass is 410 g/mol. The molecule has 150 valence electrons. The molecule has 0 saturated heterocycles. The van der Waals surface area contributed by atoms with Crippen molar-refractivity contribution in [1.82, 2.24) is 9.97 Å². The van der Waals surface area contributed by atoms with E-state index in [2.05, 4.69) is 20.0 Å². The highest BCUT2D eigenvalue weighted by Crippen LogP contribution is 2.17. The number of sulfonamides is 1. The summed E-state index contributed by atoms with van der Waals surface area (Å²) in [7, 11) is -3.83. The summed E-state index contributed by atoms with van der Waals surface area (Å²) in [4.78, 5) is 20.4. The summed E-state index contributed by atoms with van der Waals surface area (Å²) in [6, 6.07) is 15.4. The molecule has 0 unspecified atom stereocenters. The van der Waals surface area contributed by atoms with Crippen LogP contribution in [0.15, 0.2) is 59.5 Å². The van der Waals surface area contributed by atoms with E-state index in [1.54, 1.807) is 32.0 Å². The molecule has 0 aliphatic heterocycles. The van der Waals surface area contributed by atoms with Crippen molar-refractivity contribution in [1.29, 1.82) is 0 Å². The van der Waals surface area contributed by atoms with E-state index < -0.39 is 10.0 Å². The Balaban J connectivity index is 1.67. The van der Waals surface area contributed by atoms with Gasteiger partial charge in [-0.15, -0.1) is 0 Å². The number of carbonyl (C=O) groups excluding carboxylic acids is 1. The Morgan fingerprint density at radius 1 is 0.897 bits per heavy atom. The first-order chi connectivity index (χ1) is 13.7. The van der Waals surface area contributed by atoms with Crippen LogP contribution in [0.1, 0.15) is 22.5 Å². The van der Waals surface area contributed by atoms with Crippen molar-refractivity contribution < 1.29 is 13.2 Å². The molecule has 0 saturated carbocycles. The van der Waals surface area contributed by atoms with Crippen LogP contribution in [0.5, 0.6) is 0 Å². The van der Waals surface area contributed by atoms with Gasteiger partial charge in [0.2, 0.25) is 11.9 Å². The first kappa shape index (κ1) is 20.5. The number of aryl methyl sites for hydroxylation is 3. The molecule has 1 aromatic heterocycles. The Kier molecular flexibility index (Phi) is 5.93. The molecule has 3 rings (SSSR count). The lowest BCUT2D eigenvalue weighted by Gasteiger charge is -2.09. The third-order valence-corrected chi connectivity index (χ3v) is 5.49. The van der Waals surface area contributed by atoms with E-state index in [1.807, 2.05) is 31.2 Å². The van der Waals surface area contributed by atoms with Gasteiger partial charge < -0.3 is 5.32 Å². The number of hydrogen-bond donors (Lipinski definition) is 2. The zero-order valence-electron chi connectivity index (χ0n) is 16.4. The van der Waals surface area contributed by atoms with Gasteiger partial charge in [0, 0.05) is 17.1 Å². The zero-order valence-corrected chi connectivity index (χ0v) is 17.2. The summed E-state index contributed by atoms with van der Waals surface area (Å²) < 4.78 is 27.5. The number of rotatable bonds is 6. The van der Waals surface area contributed by atoms with Gasteiger partial charge in [0.25, 0.3) is 10.0 Å². The fraction of sp³-hybridized carbons (Fsp3) is 0.190.